The highest BCUT2D eigenvalue weighted by atomic mass is 32.2. The van der Waals surface area contributed by atoms with Crippen molar-refractivity contribution < 1.29 is 34.2 Å². The van der Waals surface area contributed by atoms with Gasteiger partial charge in [0.1, 0.15) is 29.4 Å². The van der Waals surface area contributed by atoms with Crippen molar-refractivity contribution in [2.24, 2.45) is 5.16 Å². The maximum absolute atomic E-state index is 12.9. The van der Waals surface area contributed by atoms with Gasteiger partial charge in [-0.05, 0) is 25.3 Å². The molecule has 2 aliphatic rings. The van der Waals surface area contributed by atoms with Gasteiger partial charge in [0.25, 0.3) is 11.8 Å². The maximum Gasteiger partial charge on any atom is 0.352 e. The number of aliphatic carboxylic acids is 1. The van der Waals surface area contributed by atoms with Crippen LogP contribution in [0.5, 0.6) is 0 Å². The zero-order chi connectivity index (χ0) is 26.1. The summed E-state index contributed by atoms with van der Waals surface area (Å²) >= 11 is 3.35. The average molecular weight is 553 g/mol. The summed E-state index contributed by atoms with van der Waals surface area (Å²) in [6, 6.07) is -1.47. The minimum absolute atomic E-state index is 0.126. The molecule has 2 aromatic rings. The van der Waals surface area contributed by atoms with E-state index in [0.717, 1.165) is 22.7 Å². The summed E-state index contributed by atoms with van der Waals surface area (Å²) in [5, 5.41) is 27.1. The number of thioether (sulfide) groups is 1. The number of anilines is 1. The van der Waals surface area contributed by atoms with E-state index in [2.05, 4.69) is 20.4 Å². The van der Waals surface area contributed by atoms with Gasteiger partial charge in [0.05, 0.1) is 11.7 Å². The van der Waals surface area contributed by atoms with Crippen LogP contribution in [0.2, 0.25) is 0 Å². The number of carbonyl (C=O) groups excluding carboxylic acids is 2. The first-order valence-electron chi connectivity index (χ1n) is 10.4. The number of hydrogen-bond donors (Lipinski definition) is 4. The standard InChI is InChI=1S/C20H20N6O7S3/c1-7-14(18(31)32)36-20(22-7)35-5-8-3-4-10-12(16(28)26(10)13(8)17(29)30)24-15(27)11(25-33-2)9-6-34-19(21)23-9/h6,10,12H,3-5H2,1-2H3,(H2,21,23)(H,24,27)(H,29,30)(H,31,32)/b25-11-. The Balaban J connectivity index is 1.49. The van der Waals surface area contributed by atoms with Crippen molar-refractivity contribution in [1.82, 2.24) is 20.2 Å². The number of nitrogens with one attached hydrogen (secondary N) is 1. The van der Waals surface area contributed by atoms with Gasteiger partial charge in [0.2, 0.25) is 0 Å². The van der Waals surface area contributed by atoms with Crippen molar-refractivity contribution in [2.75, 3.05) is 18.6 Å². The molecular weight excluding hydrogens is 532 g/mol. The quantitative estimate of drug-likeness (QED) is 0.151. The lowest BCUT2D eigenvalue weighted by Gasteiger charge is -2.50. The van der Waals surface area contributed by atoms with Gasteiger partial charge in [0, 0.05) is 11.1 Å². The molecule has 36 heavy (non-hydrogen) atoms. The first-order chi connectivity index (χ1) is 17.1. The fourth-order valence-corrected chi connectivity index (χ4v) is 6.59. The molecule has 5 N–H and O–H groups in total. The molecule has 0 aliphatic carbocycles. The summed E-state index contributed by atoms with van der Waals surface area (Å²) in [6.45, 7) is 1.59. The van der Waals surface area contributed by atoms with E-state index in [1.807, 2.05) is 0 Å². The van der Waals surface area contributed by atoms with E-state index in [-0.39, 0.29) is 32.9 Å². The van der Waals surface area contributed by atoms with Crippen LogP contribution in [0.3, 0.4) is 0 Å². The third-order valence-electron chi connectivity index (χ3n) is 5.53. The van der Waals surface area contributed by atoms with Crippen LogP contribution >= 0.6 is 34.4 Å². The van der Waals surface area contributed by atoms with Gasteiger partial charge >= 0.3 is 11.9 Å². The lowest BCUT2D eigenvalue weighted by Crippen LogP contribution is -2.72. The molecule has 13 nitrogen and oxygen atoms in total. The normalized spacial score (nSPS) is 19.6. The number of carbonyl (C=O) groups is 4. The molecule has 2 amide bonds. The van der Waals surface area contributed by atoms with Gasteiger partial charge in [-0.1, -0.05) is 16.9 Å². The first-order valence-corrected chi connectivity index (χ1v) is 13.1. The Hall–Kier alpha value is -3.50. The molecule has 2 atom stereocenters. The number of carboxylic acid groups (broad SMARTS) is 2. The number of carboxylic acids is 2. The third kappa shape index (κ3) is 4.78. The second-order valence-corrected chi connectivity index (χ2v) is 10.8. The summed E-state index contributed by atoms with van der Waals surface area (Å²) in [6.07, 6.45) is 0.814. The van der Waals surface area contributed by atoms with Crippen LogP contribution < -0.4 is 11.1 Å². The number of aromatic nitrogens is 2. The number of rotatable bonds is 9. The van der Waals surface area contributed by atoms with E-state index in [1.165, 1.54) is 29.2 Å². The zero-order valence-corrected chi connectivity index (χ0v) is 21.3. The van der Waals surface area contributed by atoms with Crippen molar-refractivity contribution in [2.45, 2.75) is 36.2 Å². The van der Waals surface area contributed by atoms with E-state index in [9.17, 15) is 29.4 Å². The van der Waals surface area contributed by atoms with Gasteiger partial charge in [-0.3, -0.25) is 14.5 Å². The summed E-state index contributed by atoms with van der Waals surface area (Å²) in [5.41, 5.74) is 6.46. The fourth-order valence-electron chi connectivity index (χ4n) is 3.96. The molecule has 0 aromatic carbocycles. The van der Waals surface area contributed by atoms with Crippen LogP contribution in [0, 0.1) is 6.92 Å². The number of β-lactam (4-membered cyclic amide) rings is 1. The number of nitrogens with zero attached hydrogens (tertiary/aromatic N) is 4. The number of amides is 2. The predicted molar refractivity (Wildman–Crippen MR) is 131 cm³/mol. The SMILES string of the molecule is CO/N=C(\C(=O)NC1C(=O)N2C(C(=O)O)=C(CSc3nc(C)c(C(=O)O)s3)CCC12)c1csc(N)n1. The highest BCUT2D eigenvalue weighted by molar-refractivity contribution is 8.01. The molecule has 2 aliphatic heterocycles. The average Bonchev–Trinajstić information content (AvgIpc) is 3.43. The summed E-state index contributed by atoms with van der Waals surface area (Å²) in [5.74, 6) is -3.35. The smallest absolute Gasteiger partial charge is 0.352 e. The molecule has 2 aromatic heterocycles. The molecule has 1 saturated heterocycles. The Morgan fingerprint density at radius 3 is 2.67 bits per heavy atom. The van der Waals surface area contributed by atoms with Gasteiger partial charge in [-0.2, -0.15) is 0 Å². The van der Waals surface area contributed by atoms with Gasteiger partial charge < -0.3 is 26.1 Å². The van der Waals surface area contributed by atoms with Gasteiger partial charge in [-0.15, -0.1) is 22.7 Å². The minimum Gasteiger partial charge on any atom is -0.477 e. The highest BCUT2D eigenvalue weighted by Gasteiger charge is 2.53. The van der Waals surface area contributed by atoms with E-state index < -0.39 is 35.8 Å². The Morgan fingerprint density at radius 1 is 1.33 bits per heavy atom. The van der Waals surface area contributed by atoms with Gasteiger partial charge in [-0.25, -0.2) is 19.6 Å². The van der Waals surface area contributed by atoms with Crippen molar-refractivity contribution in [3.05, 3.63) is 32.9 Å². The molecule has 4 rings (SSSR count). The van der Waals surface area contributed by atoms with Gasteiger partial charge in [0.15, 0.2) is 15.2 Å². The number of aryl methyl sites for hydroxylation is 1. The first kappa shape index (κ1) is 25.6. The Labute approximate surface area is 216 Å². The molecule has 0 radical (unpaired) electrons. The molecule has 2 unspecified atom stereocenters. The summed E-state index contributed by atoms with van der Waals surface area (Å²) in [4.78, 5) is 63.4. The monoisotopic (exact) mass is 552 g/mol. The zero-order valence-electron chi connectivity index (χ0n) is 18.9. The second kappa shape index (κ2) is 10.2. The van der Waals surface area contributed by atoms with Crippen LogP contribution in [0.4, 0.5) is 5.13 Å². The fraction of sp³-hybridized carbons (Fsp3) is 0.350. The number of thiazole rings is 2. The number of nitrogens with two attached hydrogens (primary N) is 1. The van der Waals surface area contributed by atoms with Crippen molar-refractivity contribution in [3.63, 3.8) is 0 Å². The maximum atomic E-state index is 12.9. The van der Waals surface area contributed by atoms with E-state index in [0.29, 0.717) is 28.4 Å². The number of aromatic carboxylic acids is 1. The molecule has 190 valence electrons. The molecule has 0 saturated carbocycles. The molecule has 4 heterocycles. The van der Waals surface area contributed by atoms with Crippen LogP contribution in [0.1, 0.15) is 33.9 Å². The van der Waals surface area contributed by atoms with Crippen molar-refractivity contribution in [3.8, 4) is 0 Å². The molecule has 0 spiro atoms. The molecule has 16 heteroatoms. The van der Waals surface area contributed by atoms with Crippen LogP contribution in [0.15, 0.2) is 26.1 Å². The minimum atomic E-state index is -1.26. The van der Waals surface area contributed by atoms with Crippen LogP contribution in [0.25, 0.3) is 0 Å². The molecule has 1 fully saturated rings. The number of oxime groups is 1. The summed E-state index contributed by atoms with van der Waals surface area (Å²) < 4.78 is 0.497. The van der Waals surface area contributed by atoms with E-state index in [1.54, 1.807) is 6.92 Å². The molecule has 0 bridgehead atoms. The number of nitrogen functional groups attached to an aromatic ring is 1. The Kier molecular flexibility index (Phi) is 7.28. The lowest BCUT2D eigenvalue weighted by atomic mass is 9.83. The lowest BCUT2D eigenvalue weighted by molar-refractivity contribution is -0.155. The van der Waals surface area contributed by atoms with Crippen LogP contribution in [-0.2, 0) is 19.2 Å². The third-order valence-corrected chi connectivity index (χ3v) is 8.58. The Morgan fingerprint density at radius 2 is 2.08 bits per heavy atom. The van der Waals surface area contributed by atoms with E-state index in [4.69, 9.17) is 10.6 Å². The topological polar surface area (TPSA) is 197 Å². The second-order valence-electron chi connectivity index (χ2n) is 7.70. The van der Waals surface area contributed by atoms with Crippen LogP contribution in [-0.4, -0.2) is 79.5 Å². The molecular formula is C20H20N6O7S3. The van der Waals surface area contributed by atoms with E-state index >= 15 is 0 Å². The van der Waals surface area contributed by atoms with Crippen molar-refractivity contribution in [1.29, 1.82) is 0 Å². The van der Waals surface area contributed by atoms with Crippen molar-refractivity contribution >= 4 is 69.0 Å². The predicted octanol–water partition coefficient (Wildman–Crippen LogP) is 1.16. The summed E-state index contributed by atoms with van der Waals surface area (Å²) in [7, 11) is 1.26. The Bertz CT molecular complexity index is 1320. The highest BCUT2D eigenvalue weighted by Crippen LogP contribution is 2.39. The largest absolute Gasteiger partial charge is 0.477 e. The number of fused-ring (bicyclic) bond motifs is 1. The number of hydrogen-bond acceptors (Lipinski definition) is 12.